The van der Waals surface area contributed by atoms with Gasteiger partial charge in [0, 0.05) is 50.7 Å². The number of nitrogens with two attached hydrogens (primary N) is 1. The van der Waals surface area contributed by atoms with Crippen molar-refractivity contribution in [3.63, 3.8) is 0 Å². The fourth-order valence-corrected chi connectivity index (χ4v) is 6.07. The van der Waals surface area contributed by atoms with Gasteiger partial charge in [-0.1, -0.05) is 49.8 Å². The number of anilines is 1. The molecule has 2 aromatic heterocycles. The number of nitrogens with zero attached hydrogens (tertiary/aromatic N) is 5. The van der Waals surface area contributed by atoms with Crippen LogP contribution in [0.4, 0.5) is 5.82 Å². The number of hydrogen-bond donors (Lipinski definition) is 1. The average molecular weight is 547 g/mol. The topological polar surface area (TPSA) is 89.5 Å². The van der Waals surface area contributed by atoms with Crippen LogP contribution in [-0.2, 0) is 11.8 Å². The van der Waals surface area contributed by atoms with Gasteiger partial charge in [-0.3, -0.25) is 9.69 Å². The zero-order valence-corrected chi connectivity index (χ0v) is 23.5. The Morgan fingerprint density at radius 1 is 1.07 bits per heavy atom. The number of rotatable bonds is 5. The van der Waals surface area contributed by atoms with Crippen LogP contribution < -0.4 is 10.5 Å². The van der Waals surface area contributed by atoms with E-state index < -0.39 is 0 Å². The summed E-state index contributed by atoms with van der Waals surface area (Å²) in [7, 11) is 1.97. The lowest BCUT2D eigenvalue weighted by Crippen LogP contribution is -2.58. The number of aromatic nitrogens is 3. The van der Waals surface area contributed by atoms with Gasteiger partial charge in [0.25, 0.3) is 0 Å². The van der Waals surface area contributed by atoms with Crippen molar-refractivity contribution in [1.82, 2.24) is 24.3 Å². The summed E-state index contributed by atoms with van der Waals surface area (Å²) in [5, 5.41) is 0.806. The standard InChI is InChI=1S/C33H34N6O2/c1-4-29(40)38-17-16-27(22(2)18-38)39-19-23(20-39)10-15-28-30(31-32(34)35-21-36-33(31)37(28)3)24-11-13-26(14-12-24)41-25-8-6-5-7-9-25/h4-9,11-14,21-23,27H,1,16-20H2,2-3H3,(H2,34,35,36). The molecule has 208 valence electrons. The molecule has 2 aliphatic rings. The van der Waals surface area contributed by atoms with Crippen LogP contribution in [0.25, 0.3) is 22.2 Å². The predicted octanol–water partition coefficient (Wildman–Crippen LogP) is 4.72. The van der Waals surface area contributed by atoms with Crippen molar-refractivity contribution in [2.75, 3.05) is 31.9 Å². The van der Waals surface area contributed by atoms with Gasteiger partial charge in [0.15, 0.2) is 0 Å². The Hall–Kier alpha value is -4.61. The van der Waals surface area contributed by atoms with E-state index in [4.69, 9.17) is 10.5 Å². The molecular weight excluding hydrogens is 512 g/mol. The number of aryl methyl sites for hydroxylation is 1. The number of hydrogen-bond acceptors (Lipinski definition) is 6. The minimum absolute atomic E-state index is 0.0251. The van der Waals surface area contributed by atoms with E-state index in [9.17, 15) is 4.79 Å². The van der Waals surface area contributed by atoms with Gasteiger partial charge in [-0.15, -0.1) is 0 Å². The highest BCUT2D eigenvalue weighted by molar-refractivity contribution is 6.03. The number of amides is 1. The van der Waals surface area contributed by atoms with E-state index in [1.54, 1.807) is 0 Å². The lowest BCUT2D eigenvalue weighted by Gasteiger charge is -2.48. The third kappa shape index (κ3) is 5.17. The lowest BCUT2D eigenvalue weighted by atomic mass is 9.87. The van der Waals surface area contributed by atoms with Gasteiger partial charge in [0.1, 0.15) is 35.0 Å². The van der Waals surface area contributed by atoms with E-state index >= 15 is 0 Å². The molecule has 8 heteroatoms. The monoisotopic (exact) mass is 546 g/mol. The summed E-state index contributed by atoms with van der Waals surface area (Å²) in [5.74, 6) is 9.71. The lowest BCUT2D eigenvalue weighted by molar-refractivity contribution is -0.129. The van der Waals surface area contributed by atoms with Gasteiger partial charge in [-0.05, 0) is 54.2 Å². The number of nitrogen functional groups attached to an aromatic ring is 1. The van der Waals surface area contributed by atoms with Gasteiger partial charge < -0.3 is 19.9 Å². The summed E-state index contributed by atoms with van der Waals surface area (Å²) in [6.45, 7) is 9.29. The van der Waals surface area contributed by atoms with Gasteiger partial charge in [-0.25, -0.2) is 9.97 Å². The van der Waals surface area contributed by atoms with Crippen LogP contribution in [0.2, 0.25) is 0 Å². The molecule has 0 spiro atoms. The average Bonchev–Trinajstić information content (AvgIpc) is 3.25. The molecule has 1 amide bonds. The number of piperidine rings is 1. The van der Waals surface area contributed by atoms with Crippen LogP contribution in [0.1, 0.15) is 19.0 Å². The molecular formula is C33H34N6O2. The summed E-state index contributed by atoms with van der Waals surface area (Å²) in [6.07, 6.45) is 3.89. The molecule has 6 rings (SSSR count). The zero-order chi connectivity index (χ0) is 28.5. The Labute approximate surface area is 240 Å². The highest BCUT2D eigenvalue weighted by Crippen LogP contribution is 2.37. The normalized spacial score (nSPS) is 19.3. The van der Waals surface area contributed by atoms with Crippen LogP contribution in [0.3, 0.4) is 0 Å². The van der Waals surface area contributed by atoms with E-state index in [1.165, 1.54) is 12.4 Å². The van der Waals surface area contributed by atoms with E-state index in [-0.39, 0.29) is 11.8 Å². The molecule has 2 fully saturated rings. The van der Waals surface area contributed by atoms with Crippen molar-refractivity contribution in [2.45, 2.75) is 19.4 Å². The first-order valence-electron chi connectivity index (χ1n) is 14.0. The molecule has 0 bridgehead atoms. The first-order chi connectivity index (χ1) is 19.9. The van der Waals surface area contributed by atoms with Crippen LogP contribution in [0, 0.1) is 23.7 Å². The van der Waals surface area contributed by atoms with E-state index in [0.29, 0.717) is 17.8 Å². The first kappa shape index (κ1) is 26.6. The van der Waals surface area contributed by atoms with Crippen molar-refractivity contribution < 1.29 is 9.53 Å². The largest absolute Gasteiger partial charge is 0.457 e. The van der Waals surface area contributed by atoms with Gasteiger partial charge >= 0.3 is 0 Å². The number of para-hydroxylation sites is 1. The number of fused-ring (bicyclic) bond motifs is 1. The molecule has 2 saturated heterocycles. The smallest absolute Gasteiger partial charge is 0.245 e. The minimum Gasteiger partial charge on any atom is -0.457 e. The van der Waals surface area contributed by atoms with Crippen LogP contribution >= 0.6 is 0 Å². The van der Waals surface area contributed by atoms with Crippen molar-refractivity contribution in [2.24, 2.45) is 18.9 Å². The molecule has 0 saturated carbocycles. The molecule has 2 aliphatic heterocycles. The number of likely N-dealkylation sites (tertiary alicyclic amines) is 2. The Morgan fingerprint density at radius 3 is 2.51 bits per heavy atom. The number of benzene rings is 2. The summed E-state index contributed by atoms with van der Waals surface area (Å²) in [6, 6.07) is 18.2. The highest BCUT2D eigenvalue weighted by atomic mass is 16.5. The minimum atomic E-state index is 0.0251. The van der Waals surface area contributed by atoms with E-state index in [2.05, 4.69) is 40.2 Å². The van der Waals surface area contributed by atoms with E-state index in [0.717, 1.165) is 72.0 Å². The molecule has 41 heavy (non-hydrogen) atoms. The molecule has 0 radical (unpaired) electrons. The van der Waals surface area contributed by atoms with Crippen LogP contribution in [0.5, 0.6) is 11.5 Å². The molecule has 2 atom stereocenters. The maximum Gasteiger partial charge on any atom is 0.245 e. The summed E-state index contributed by atoms with van der Waals surface area (Å²) >= 11 is 0. The molecule has 0 aliphatic carbocycles. The zero-order valence-electron chi connectivity index (χ0n) is 23.5. The highest BCUT2D eigenvalue weighted by Gasteiger charge is 2.37. The maximum absolute atomic E-state index is 12.0. The second-order valence-corrected chi connectivity index (χ2v) is 10.9. The van der Waals surface area contributed by atoms with Crippen molar-refractivity contribution in [1.29, 1.82) is 0 Å². The molecule has 2 unspecified atom stereocenters. The fourth-order valence-electron chi connectivity index (χ4n) is 6.07. The van der Waals surface area contributed by atoms with E-state index in [1.807, 2.05) is 71.1 Å². The molecule has 8 nitrogen and oxygen atoms in total. The molecule has 4 aromatic rings. The summed E-state index contributed by atoms with van der Waals surface area (Å²) < 4.78 is 8.01. The van der Waals surface area contributed by atoms with Crippen LogP contribution in [0.15, 0.2) is 73.6 Å². The number of carbonyl (C=O) groups excluding carboxylic acids is 1. The maximum atomic E-state index is 12.0. The predicted molar refractivity (Wildman–Crippen MR) is 161 cm³/mol. The molecule has 2 N–H and O–H groups in total. The van der Waals surface area contributed by atoms with Crippen molar-refractivity contribution in [3.8, 4) is 34.5 Å². The Morgan fingerprint density at radius 2 is 1.80 bits per heavy atom. The third-order valence-corrected chi connectivity index (χ3v) is 8.24. The first-order valence-corrected chi connectivity index (χ1v) is 14.0. The molecule has 2 aromatic carbocycles. The third-order valence-electron chi connectivity index (χ3n) is 8.24. The SMILES string of the molecule is C=CC(=O)N1CCC(N2CC(C#Cc3c(-c4ccc(Oc5ccccc5)cc4)c4c(N)ncnc4n3C)C2)C(C)C1. The van der Waals surface area contributed by atoms with Gasteiger partial charge in [-0.2, -0.15) is 0 Å². The Balaban J connectivity index is 1.23. The van der Waals surface area contributed by atoms with Gasteiger partial charge in [0.05, 0.1) is 5.39 Å². The summed E-state index contributed by atoms with van der Waals surface area (Å²) in [5.41, 5.74) is 9.91. The number of carbonyl (C=O) groups is 1. The Kier molecular flexibility index (Phi) is 7.21. The van der Waals surface area contributed by atoms with Crippen molar-refractivity contribution in [3.05, 3.63) is 79.3 Å². The van der Waals surface area contributed by atoms with Crippen molar-refractivity contribution >= 4 is 22.8 Å². The molecule has 4 heterocycles. The second-order valence-electron chi connectivity index (χ2n) is 10.9. The Bertz CT molecular complexity index is 1640. The van der Waals surface area contributed by atoms with Gasteiger partial charge in [0.2, 0.25) is 5.91 Å². The summed E-state index contributed by atoms with van der Waals surface area (Å²) in [4.78, 5) is 25.3. The van der Waals surface area contributed by atoms with Crippen LogP contribution in [-0.4, -0.2) is 62.5 Å². The number of ether oxygens (including phenoxy) is 1. The quantitative estimate of drug-likeness (QED) is 0.288. The second kappa shape index (κ2) is 11.1. The fraction of sp³-hybridized carbons (Fsp3) is 0.303.